The van der Waals surface area contributed by atoms with Crippen LogP contribution < -0.4 is 9.80 Å². The van der Waals surface area contributed by atoms with Crippen LogP contribution in [0.25, 0.3) is 0 Å². The zero-order valence-corrected chi connectivity index (χ0v) is 18.3. The predicted octanol–water partition coefficient (Wildman–Crippen LogP) is 5.12. The molecule has 1 fully saturated rings. The lowest BCUT2D eigenvalue weighted by Gasteiger charge is -2.42. The van der Waals surface area contributed by atoms with Gasteiger partial charge in [0.15, 0.2) is 0 Å². The lowest BCUT2D eigenvalue weighted by atomic mass is 10.0. The van der Waals surface area contributed by atoms with Gasteiger partial charge in [0.2, 0.25) is 10.8 Å². The maximum absolute atomic E-state index is 14.1. The van der Waals surface area contributed by atoms with Crippen molar-refractivity contribution in [2.75, 3.05) is 15.6 Å². The number of hydrogen-bond donors (Lipinski definition) is 0. The quantitative estimate of drug-likeness (QED) is 0.579. The fourth-order valence-electron chi connectivity index (χ4n) is 4.53. The lowest BCUT2D eigenvalue weighted by molar-refractivity contribution is -0.125. The van der Waals surface area contributed by atoms with E-state index in [9.17, 15) is 9.59 Å². The Kier molecular flexibility index (Phi) is 5.06. The molecule has 5 heteroatoms. The third-order valence-corrected chi connectivity index (χ3v) is 7.48. The van der Waals surface area contributed by atoms with Crippen LogP contribution in [0.1, 0.15) is 30.0 Å². The molecule has 1 atom stereocenters. The normalized spacial score (nSPS) is 20.4. The SMILES string of the molecule is CCc1ccc(N2C(=O)CCSC23C(=O)N(Cc2ccccc2)c2ccccc23)cc1. The zero-order chi connectivity index (χ0) is 21.4. The Balaban J connectivity index is 1.64. The van der Waals surface area contributed by atoms with Gasteiger partial charge in [-0.1, -0.05) is 67.6 Å². The smallest absolute Gasteiger partial charge is 0.269 e. The van der Waals surface area contributed by atoms with Crippen LogP contribution in [0.5, 0.6) is 0 Å². The van der Waals surface area contributed by atoms with Gasteiger partial charge in [0, 0.05) is 23.4 Å². The van der Waals surface area contributed by atoms with Crippen LogP contribution in [-0.4, -0.2) is 17.6 Å². The minimum Gasteiger partial charge on any atom is -0.304 e. The third-order valence-electron chi connectivity index (χ3n) is 6.07. The minimum absolute atomic E-state index is 0.00675. The summed E-state index contributed by atoms with van der Waals surface area (Å²) in [6.45, 7) is 2.59. The van der Waals surface area contributed by atoms with Crippen molar-refractivity contribution in [1.82, 2.24) is 0 Å². The molecule has 0 aliphatic carbocycles. The van der Waals surface area contributed by atoms with Gasteiger partial charge in [-0.05, 0) is 35.7 Å². The Morgan fingerprint density at radius 1 is 0.871 bits per heavy atom. The first-order chi connectivity index (χ1) is 15.1. The number of carbonyl (C=O) groups is 2. The van der Waals surface area contributed by atoms with E-state index in [0.717, 1.165) is 28.9 Å². The molecule has 1 spiro atoms. The van der Waals surface area contributed by atoms with E-state index in [2.05, 4.69) is 6.92 Å². The van der Waals surface area contributed by atoms with Crippen molar-refractivity contribution in [3.05, 3.63) is 95.6 Å². The summed E-state index contributed by atoms with van der Waals surface area (Å²) in [4.78, 5) is 29.9. The van der Waals surface area contributed by atoms with Crippen LogP contribution in [-0.2, 0) is 27.4 Å². The molecular weight excluding hydrogens is 404 g/mol. The molecule has 2 heterocycles. The fourth-order valence-corrected chi connectivity index (χ4v) is 6.00. The van der Waals surface area contributed by atoms with Gasteiger partial charge in [0.05, 0.1) is 12.2 Å². The number of aryl methyl sites for hydroxylation is 1. The first kappa shape index (κ1) is 19.9. The van der Waals surface area contributed by atoms with Gasteiger partial charge in [-0.3, -0.25) is 14.5 Å². The number of anilines is 2. The van der Waals surface area contributed by atoms with Crippen LogP contribution in [0.3, 0.4) is 0 Å². The van der Waals surface area contributed by atoms with Gasteiger partial charge in [-0.15, -0.1) is 11.8 Å². The highest BCUT2D eigenvalue weighted by molar-refractivity contribution is 8.01. The second-order valence-corrected chi connectivity index (χ2v) is 9.17. The van der Waals surface area contributed by atoms with Crippen LogP contribution in [0.4, 0.5) is 11.4 Å². The number of thioether (sulfide) groups is 1. The fraction of sp³-hybridized carbons (Fsp3) is 0.231. The van der Waals surface area contributed by atoms with Crippen molar-refractivity contribution >= 4 is 35.0 Å². The molecule has 1 saturated heterocycles. The average Bonchev–Trinajstić information content (AvgIpc) is 3.03. The van der Waals surface area contributed by atoms with Gasteiger partial charge < -0.3 is 4.90 Å². The van der Waals surface area contributed by atoms with Gasteiger partial charge >= 0.3 is 0 Å². The van der Waals surface area contributed by atoms with Gasteiger partial charge in [-0.25, -0.2) is 0 Å². The average molecular weight is 429 g/mol. The van der Waals surface area contributed by atoms with Crippen LogP contribution in [0.2, 0.25) is 0 Å². The Hall–Kier alpha value is -3.05. The topological polar surface area (TPSA) is 40.6 Å². The van der Waals surface area contributed by atoms with Gasteiger partial charge in [0.25, 0.3) is 5.91 Å². The van der Waals surface area contributed by atoms with E-state index in [4.69, 9.17) is 0 Å². The number of fused-ring (bicyclic) bond motifs is 2. The molecular formula is C26H24N2O2S. The van der Waals surface area contributed by atoms with Crippen LogP contribution in [0.15, 0.2) is 78.9 Å². The highest BCUT2D eigenvalue weighted by Gasteiger charge is 2.58. The monoisotopic (exact) mass is 428 g/mol. The van der Waals surface area contributed by atoms with E-state index < -0.39 is 4.87 Å². The zero-order valence-electron chi connectivity index (χ0n) is 17.5. The van der Waals surface area contributed by atoms with E-state index in [0.29, 0.717) is 18.7 Å². The molecule has 0 saturated carbocycles. The summed E-state index contributed by atoms with van der Waals surface area (Å²) >= 11 is 1.57. The first-order valence-corrected chi connectivity index (χ1v) is 11.6. The number of nitrogens with zero attached hydrogens (tertiary/aromatic N) is 2. The van der Waals surface area contributed by atoms with Crippen LogP contribution in [0, 0.1) is 0 Å². The highest BCUT2D eigenvalue weighted by Crippen LogP contribution is 2.54. The molecule has 0 bridgehead atoms. The molecule has 5 rings (SSSR count). The molecule has 2 aliphatic rings. The molecule has 3 aromatic rings. The second kappa shape index (κ2) is 7.89. The molecule has 0 aromatic heterocycles. The van der Waals surface area contributed by atoms with Gasteiger partial charge in [0.1, 0.15) is 0 Å². The van der Waals surface area contributed by atoms with E-state index in [1.54, 1.807) is 16.7 Å². The molecule has 4 nitrogen and oxygen atoms in total. The van der Waals surface area contributed by atoms with Crippen molar-refractivity contribution in [3.63, 3.8) is 0 Å². The van der Waals surface area contributed by atoms with E-state index in [-0.39, 0.29) is 11.8 Å². The molecule has 3 aromatic carbocycles. The largest absolute Gasteiger partial charge is 0.304 e. The van der Waals surface area contributed by atoms with E-state index >= 15 is 0 Å². The van der Waals surface area contributed by atoms with Crippen molar-refractivity contribution in [2.24, 2.45) is 0 Å². The summed E-state index contributed by atoms with van der Waals surface area (Å²) in [5, 5.41) is 0. The second-order valence-electron chi connectivity index (χ2n) is 7.89. The maximum atomic E-state index is 14.1. The highest BCUT2D eigenvalue weighted by atomic mass is 32.2. The molecule has 2 aliphatic heterocycles. The Labute approximate surface area is 186 Å². The summed E-state index contributed by atoms with van der Waals surface area (Å²) in [5.74, 6) is 0.574. The van der Waals surface area contributed by atoms with Crippen molar-refractivity contribution in [1.29, 1.82) is 0 Å². The van der Waals surface area contributed by atoms with Crippen LogP contribution >= 0.6 is 11.8 Å². The van der Waals surface area contributed by atoms with E-state index in [1.165, 1.54) is 5.56 Å². The number of amides is 2. The summed E-state index contributed by atoms with van der Waals surface area (Å²) in [5.41, 5.74) is 4.83. The minimum atomic E-state index is -1.06. The van der Waals surface area contributed by atoms with Crippen molar-refractivity contribution in [2.45, 2.75) is 31.2 Å². The molecule has 0 radical (unpaired) electrons. The Morgan fingerprint density at radius 2 is 1.58 bits per heavy atom. The number of para-hydroxylation sites is 1. The summed E-state index contributed by atoms with van der Waals surface area (Å²) in [7, 11) is 0. The number of rotatable bonds is 4. The Bertz CT molecular complexity index is 1130. The lowest BCUT2D eigenvalue weighted by Crippen LogP contribution is -2.56. The number of benzene rings is 3. The molecule has 1 unspecified atom stereocenters. The van der Waals surface area contributed by atoms with E-state index in [1.807, 2.05) is 83.8 Å². The number of hydrogen-bond acceptors (Lipinski definition) is 3. The van der Waals surface area contributed by atoms with Crippen molar-refractivity contribution in [3.8, 4) is 0 Å². The van der Waals surface area contributed by atoms with Crippen molar-refractivity contribution < 1.29 is 9.59 Å². The molecule has 0 N–H and O–H groups in total. The molecule has 31 heavy (non-hydrogen) atoms. The Morgan fingerprint density at radius 3 is 2.32 bits per heavy atom. The standard InChI is InChI=1S/C26H24N2O2S/c1-2-19-12-14-21(15-13-19)28-24(29)16-17-31-26(28)22-10-6-7-11-23(22)27(25(26)30)18-20-8-4-3-5-9-20/h3-15H,2,16-18H2,1H3. The number of carbonyl (C=O) groups excluding carboxylic acids is 2. The van der Waals surface area contributed by atoms with Gasteiger partial charge in [-0.2, -0.15) is 0 Å². The molecule has 2 amide bonds. The third kappa shape index (κ3) is 3.15. The molecule has 156 valence electrons. The summed E-state index contributed by atoms with van der Waals surface area (Å²) < 4.78 is 0. The summed E-state index contributed by atoms with van der Waals surface area (Å²) in [6, 6.07) is 25.9. The first-order valence-electron chi connectivity index (χ1n) is 10.7. The maximum Gasteiger partial charge on any atom is 0.269 e. The summed E-state index contributed by atoms with van der Waals surface area (Å²) in [6.07, 6.45) is 1.36. The predicted molar refractivity (Wildman–Crippen MR) is 126 cm³/mol.